The third-order valence-electron chi connectivity index (χ3n) is 4.03. The van der Waals surface area contributed by atoms with Crippen molar-refractivity contribution in [2.75, 3.05) is 5.32 Å². The van der Waals surface area contributed by atoms with Crippen LogP contribution in [0, 0.1) is 21.4 Å². The fraction of sp³-hybridized carbons (Fsp3) is 0. The van der Waals surface area contributed by atoms with Crippen molar-refractivity contribution in [1.82, 2.24) is 0 Å². The van der Waals surface area contributed by atoms with Gasteiger partial charge in [0.05, 0.1) is 16.1 Å². The quantitative estimate of drug-likeness (QED) is 0.272. The molecule has 9 heteroatoms. The molecule has 0 bridgehead atoms. The number of furan rings is 1. The van der Waals surface area contributed by atoms with Gasteiger partial charge in [0.2, 0.25) is 0 Å². The zero-order chi connectivity index (χ0) is 21.7. The number of benzene rings is 2. The second-order valence-electron chi connectivity index (χ2n) is 5.98. The van der Waals surface area contributed by atoms with Crippen LogP contribution in [0.1, 0.15) is 16.1 Å². The molecule has 0 fully saturated rings. The van der Waals surface area contributed by atoms with Crippen LogP contribution in [0.5, 0.6) is 0 Å². The maximum atomic E-state index is 12.3. The molecule has 148 valence electrons. The average molecular weight is 403 g/mol. The van der Waals surface area contributed by atoms with Crippen molar-refractivity contribution in [2.45, 2.75) is 0 Å². The largest absolute Gasteiger partial charge is 0.478 e. The van der Waals surface area contributed by atoms with Crippen LogP contribution in [-0.4, -0.2) is 21.9 Å². The number of nitro groups is 1. The van der Waals surface area contributed by atoms with E-state index in [0.717, 1.165) is 0 Å². The van der Waals surface area contributed by atoms with Crippen LogP contribution < -0.4 is 5.32 Å². The van der Waals surface area contributed by atoms with Gasteiger partial charge in [-0.25, -0.2) is 4.79 Å². The molecule has 1 aromatic heterocycles. The van der Waals surface area contributed by atoms with E-state index in [1.54, 1.807) is 12.1 Å². The standard InChI is InChI=1S/C21H13N3O6/c22-12-14(20(25)23-15-7-5-13(6-8-15)21(26)27)11-16-9-10-19(30-16)17-3-1-2-4-18(17)24(28)29/h1-11H,(H,23,25)(H,26,27)/b14-11+. The zero-order valence-electron chi connectivity index (χ0n) is 15.2. The van der Waals surface area contributed by atoms with Gasteiger partial charge in [0.1, 0.15) is 23.2 Å². The highest BCUT2D eigenvalue weighted by Crippen LogP contribution is 2.31. The molecule has 0 unspecified atom stereocenters. The van der Waals surface area contributed by atoms with Gasteiger partial charge in [0, 0.05) is 17.8 Å². The number of amides is 1. The van der Waals surface area contributed by atoms with Gasteiger partial charge in [-0.2, -0.15) is 5.26 Å². The number of hydrogen-bond donors (Lipinski definition) is 2. The van der Waals surface area contributed by atoms with Gasteiger partial charge in [-0.15, -0.1) is 0 Å². The number of nitriles is 1. The molecule has 0 aliphatic carbocycles. The summed E-state index contributed by atoms with van der Waals surface area (Å²) in [6.07, 6.45) is 1.21. The van der Waals surface area contributed by atoms with E-state index in [1.165, 1.54) is 60.7 Å². The Labute approximate surface area is 169 Å². The Morgan fingerprint density at radius 1 is 1.10 bits per heavy atom. The Kier molecular flexibility index (Phi) is 5.70. The lowest BCUT2D eigenvalue weighted by atomic mass is 10.1. The maximum absolute atomic E-state index is 12.3. The number of carbonyl (C=O) groups excluding carboxylic acids is 1. The number of carboxylic acid groups (broad SMARTS) is 1. The maximum Gasteiger partial charge on any atom is 0.335 e. The van der Waals surface area contributed by atoms with E-state index >= 15 is 0 Å². The Balaban J connectivity index is 1.82. The van der Waals surface area contributed by atoms with E-state index in [4.69, 9.17) is 9.52 Å². The average Bonchev–Trinajstić information content (AvgIpc) is 3.20. The second-order valence-corrected chi connectivity index (χ2v) is 5.98. The SMILES string of the molecule is N#C/C(=C\c1ccc(-c2ccccc2[N+](=O)[O-])o1)C(=O)Nc1ccc(C(=O)O)cc1. The highest BCUT2D eigenvalue weighted by Gasteiger charge is 2.17. The highest BCUT2D eigenvalue weighted by atomic mass is 16.6. The van der Waals surface area contributed by atoms with Crippen LogP contribution in [0.25, 0.3) is 17.4 Å². The first-order chi connectivity index (χ1) is 14.4. The Hall–Kier alpha value is -4.71. The molecule has 1 heterocycles. The summed E-state index contributed by atoms with van der Waals surface area (Å²) < 4.78 is 5.56. The van der Waals surface area contributed by atoms with Crippen molar-refractivity contribution < 1.29 is 24.0 Å². The summed E-state index contributed by atoms with van der Waals surface area (Å²) in [7, 11) is 0. The lowest BCUT2D eigenvalue weighted by Crippen LogP contribution is -2.13. The summed E-state index contributed by atoms with van der Waals surface area (Å²) in [4.78, 5) is 33.8. The highest BCUT2D eigenvalue weighted by molar-refractivity contribution is 6.09. The predicted molar refractivity (Wildman–Crippen MR) is 106 cm³/mol. The minimum atomic E-state index is -1.10. The fourth-order valence-electron chi connectivity index (χ4n) is 2.60. The third-order valence-corrected chi connectivity index (χ3v) is 4.03. The number of nitrogens with one attached hydrogen (secondary N) is 1. The summed E-state index contributed by atoms with van der Waals surface area (Å²) in [5.74, 6) is -1.44. The molecule has 3 aromatic rings. The van der Waals surface area contributed by atoms with Crippen molar-refractivity contribution in [1.29, 1.82) is 5.26 Å². The molecule has 0 saturated carbocycles. The first kappa shape index (κ1) is 20.0. The Bertz CT molecular complexity index is 1200. The van der Waals surface area contributed by atoms with E-state index in [-0.39, 0.29) is 33.9 Å². The van der Waals surface area contributed by atoms with Crippen molar-refractivity contribution in [3.8, 4) is 17.4 Å². The monoisotopic (exact) mass is 403 g/mol. The first-order valence-corrected chi connectivity index (χ1v) is 8.49. The smallest absolute Gasteiger partial charge is 0.335 e. The zero-order valence-corrected chi connectivity index (χ0v) is 15.2. The van der Waals surface area contributed by atoms with Crippen LogP contribution in [-0.2, 0) is 4.79 Å². The molecule has 1 amide bonds. The van der Waals surface area contributed by atoms with Crippen LogP contribution in [0.3, 0.4) is 0 Å². The molecule has 2 N–H and O–H groups in total. The fourth-order valence-corrected chi connectivity index (χ4v) is 2.60. The van der Waals surface area contributed by atoms with Crippen LogP contribution >= 0.6 is 0 Å². The number of hydrogen-bond acceptors (Lipinski definition) is 6. The predicted octanol–water partition coefficient (Wildman–Crippen LogP) is 4.10. The van der Waals surface area contributed by atoms with Crippen molar-refractivity contribution in [3.63, 3.8) is 0 Å². The van der Waals surface area contributed by atoms with E-state index < -0.39 is 16.8 Å². The Morgan fingerprint density at radius 2 is 1.80 bits per heavy atom. The number of nitro benzene ring substituents is 1. The summed E-state index contributed by atoms with van der Waals surface area (Å²) in [5, 5.41) is 31.9. The lowest BCUT2D eigenvalue weighted by Gasteiger charge is -2.04. The lowest BCUT2D eigenvalue weighted by molar-refractivity contribution is -0.384. The van der Waals surface area contributed by atoms with Gasteiger partial charge in [-0.3, -0.25) is 14.9 Å². The summed E-state index contributed by atoms with van der Waals surface area (Å²) >= 11 is 0. The van der Waals surface area contributed by atoms with E-state index in [1.807, 2.05) is 0 Å². The molecule has 2 aromatic carbocycles. The van der Waals surface area contributed by atoms with Gasteiger partial charge < -0.3 is 14.8 Å². The molecule has 9 nitrogen and oxygen atoms in total. The topological polar surface area (TPSA) is 146 Å². The molecule has 0 aliphatic rings. The summed E-state index contributed by atoms with van der Waals surface area (Å²) in [6.45, 7) is 0. The number of carbonyl (C=O) groups is 2. The molecule has 0 atom stereocenters. The van der Waals surface area contributed by atoms with Crippen molar-refractivity contribution in [2.24, 2.45) is 0 Å². The molecule has 0 aliphatic heterocycles. The van der Waals surface area contributed by atoms with Gasteiger partial charge in [0.25, 0.3) is 11.6 Å². The minimum Gasteiger partial charge on any atom is -0.478 e. The van der Waals surface area contributed by atoms with E-state index in [2.05, 4.69) is 5.32 Å². The molecule has 0 radical (unpaired) electrons. The van der Waals surface area contributed by atoms with E-state index in [9.17, 15) is 25.0 Å². The number of anilines is 1. The molecule has 30 heavy (non-hydrogen) atoms. The molecule has 3 rings (SSSR count). The number of nitrogens with zero attached hydrogens (tertiary/aromatic N) is 2. The van der Waals surface area contributed by atoms with Crippen molar-refractivity contribution in [3.05, 3.63) is 87.7 Å². The van der Waals surface area contributed by atoms with Gasteiger partial charge in [-0.05, 0) is 42.5 Å². The summed E-state index contributed by atoms with van der Waals surface area (Å²) in [6, 6.07) is 16.2. The molecule has 0 saturated heterocycles. The van der Waals surface area contributed by atoms with Crippen LogP contribution in [0.2, 0.25) is 0 Å². The minimum absolute atomic E-state index is 0.0576. The first-order valence-electron chi connectivity index (χ1n) is 8.49. The normalized spacial score (nSPS) is 10.8. The number of para-hydroxylation sites is 1. The number of aromatic carboxylic acids is 1. The second kappa shape index (κ2) is 8.53. The van der Waals surface area contributed by atoms with Gasteiger partial charge in [-0.1, -0.05) is 12.1 Å². The van der Waals surface area contributed by atoms with Gasteiger partial charge in [0.15, 0.2) is 0 Å². The molecule has 0 spiro atoms. The van der Waals surface area contributed by atoms with Crippen LogP contribution in [0.4, 0.5) is 11.4 Å². The molecular weight excluding hydrogens is 390 g/mol. The van der Waals surface area contributed by atoms with Crippen LogP contribution in [0.15, 0.2) is 70.7 Å². The number of rotatable bonds is 6. The van der Waals surface area contributed by atoms with Gasteiger partial charge >= 0.3 is 5.97 Å². The van der Waals surface area contributed by atoms with Crippen molar-refractivity contribution >= 4 is 29.3 Å². The molecular formula is C21H13N3O6. The third kappa shape index (κ3) is 4.40. The Morgan fingerprint density at radius 3 is 2.43 bits per heavy atom. The number of carboxylic acids is 1. The van der Waals surface area contributed by atoms with E-state index in [0.29, 0.717) is 5.69 Å². The summed E-state index contributed by atoms with van der Waals surface area (Å²) in [5.41, 5.74) is 0.239.